The second-order valence-corrected chi connectivity index (χ2v) is 5.58. The van der Waals surface area contributed by atoms with Crippen molar-refractivity contribution in [2.75, 3.05) is 30.9 Å². The maximum Gasteiger partial charge on any atom is 0.257 e. The summed E-state index contributed by atoms with van der Waals surface area (Å²) in [5, 5.41) is 6.61. The Morgan fingerprint density at radius 3 is 2.91 bits per heavy atom. The largest absolute Gasteiger partial charge is 0.385 e. The van der Waals surface area contributed by atoms with Gasteiger partial charge in [-0.2, -0.15) is 0 Å². The van der Waals surface area contributed by atoms with E-state index in [1.165, 1.54) is 6.20 Å². The van der Waals surface area contributed by atoms with Gasteiger partial charge in [-0.05, 0) is 24.6 Å². The molecule has 0 saturated carbocycles. The van der Waals surface area contributed by atoms with Gasteiger partial charge in [0.25, 0.3) is 5.91 Å². The second-order valence-electron chi connectivity index (χ2n) is 4.79. The molecule has 23 heavy (non-hydrogen) atoms. The Morgan fingerprint density at radius 2 is 2.13 bits per heavy atom. The van der Waals surface area contributed by atoms with Crippen LogP contribution in [0, 0.1) is 0 Å². The van der Waals surface area contributed by atoms with Crippen LogP contribution in [-0.4, -0.2) is 31.2 Å². The number of nitrogens with zero attached hydrogens (tertiary/aromatic N) is 1. The van der Waals surface area contributed by atoms with Gasteiger partial charge in [-0.1, -0.05) is 29.3 Å². The lowest BCUT2D eigenvalue weighted by atomic mass is 10.2. The third-order valence-corrected chi connectivity index (χ3v) is 3.87. The molecule has 1 aromatic carbocycles. The topological polar surface area (TPSA) is 63.2 Å². The van der Waals surface area contributed by atoms with Crippen molar-refractivity contribution >= 4 is 40.5 Å². The van der Waals surface area contributed by atoms with Crippen LogP contribution in [0.5, 0.6) is 0 Å². The van der Waals surface area contributed by atoms with Gasteiger partial charge in [-0.3, -0.25) is 9.78 Å². The highest BCUT2D eigenvalue weighted by molar-refractivity contribution is 6.44. The fraction of sp³-hybridized carbons (Fsp3) is 0.250. The Morgan fingerprint density at radius 1 is 1.30 bits per heavy atom. The number of nitrogens with one attached hydrogen (secondary N) is 2. The van der Waals surface area contributed by atoms with Crippen LogP contribution < -0.4 is 10.6 Å². The molecule has 0 aliphatic heterocycles. The molecule has 7 heteroatoms. The van der Waals surface area contributed by atoms with Crippen molar-refractivity contribution in [2.24, 2.45) is 0 Å². The molecule has 0 aliphatic rings. The molecule has 1 heterocycles. The number of amides is 1. The molecule has 0 spiro atoms. The summed E-state index contributed by atoms with van der Waals surface area (Å²) in [4.78, 5) is 16.4. The third-order valence-electron chi connectivity index (χ3n) is 3.05. The molecule has 2 rings (SSSR count). The summed E-state index contributed by atoms with van der Waals surface area (Å²) >= 11 is 12.0. The maximum absolute atomic E-state index is 12.3. The zero-order valence-corrected chi connectivity index (χ0v) is 14.1. The standard InChI is InChI=1S/C16H17Cl2N3O2/c1-23-7-3-6-20-12-8-11(9-19-10-12)16(22)21-14-5-2-4-13(17)15(14)18/h2,4-5,8-10,20H,3,6-7H2,1H3,(H,21,22). The number of benzene rings is 1. The number of hydrogen-bond acceptors (Lipinski definition) is 4. The second kappa shape index (κ2) is 8.72. The van der Waals surface area contributed by atoms with Crippen LogP contribution in [0.4, 0.5) is 11.4 Å². The monoisotopic (exact) mass is 353 g/mol. The normalized spacial score (nSPS) is 10.4. The van der Waals surface area contributed by atoms with Crippen LogP contribution in [-0.2, 0) is 4.74 Å². The van der Waals surface area contributed by atoms with Gasteiger partial charge in [0, 0.05) is 32.7 Å². The Kier molecular flexibility index (Phi) is 6.65. The molecule has 0 unspecified atom stereocenters. The van der Waals surface area contributed by atoms with Crippen LogP contribution in [0.3, 0.4) is 0 Å². The molecule has 0 saturated heterocycles. The molecule has 0 bridgehead atoms. The van der Waals surface area contributed by atoms with E-state index in [0.29, 0.717) is 27.9 Å². The average molecular weight is 354 g/mol. The number of aromatic nitrogens is 1. The van der Waals surface area contributed by atoms with E-state index < -0.39 is 0 Å². The van der Waals surface area contributed by atoms with Gasteiger partial charge in [0.2, 0.25) is 0 Å². The molecular weight excluding hydrogens is 337 g/mol. The van der Waals surface area contributed by atoms with Gasteiger partial charge >= 0.3 is 0 Å². The van der Waals surface area contributed by atoms with E-state index in [2.05, 4.69) is 15.6 Å². The van der Waals surface area contributed by atoms with Crippen molar-refractivity contribution in [3.63, 3.8) is 0 Å². The number of rotatable bonds is 7. The van der Waals surface area contributed by atoms with Crippen LogP contribution in [0.15, 0.2) is 36.7 Å². The van der Waals surface area contributed by atoms with Crippen LogP contribution in [0.25, 0.3) is 0 Å². The Balaban J connectivity index is 2.03. The first kappa shape index (κ1) is 17.5. The van der Waals surface area contributed by atoms with Gasteiger partial charge in [0.15, 0.2) is 0 Å². The van der Waals surface area contributed by atoms with E-state index >= 15 is 0 Å². The summed E-state index contributed by atoms with van der Waals surface area (Å²) in [5.74, 6) is -0.304. The highest BCUT2D eigenvalue weighted by Gasteiger charge is 2.11. The molecule has 2 aromatic rings. The number of carbonyl (C=O) groups excluding carboxylic acids is 1. The number of halogens is 2. The zero-order valence-electron chi connectivity index (χ0n) is 12.6. The number of pyridine rings is 1. The van der Waals surface area contributed by atoms with Crippen molar-refractivity contribution in [3.8, 4) is 0 Å². The van der Waals surface area contributed by atoms with Crippen molar-refractivity contribution in [1.29, 1.82) is 0 Å². The van der Waals surface area contributed by atoms with Crippen molar-refractivity contribution in [3.05, 3.63) is 52.3 Å². The summed E-state index contributed by atoms with van der Waals surface area (Å²) in [7, 11) is 1.66. The number of methoxy groups -OCH3 is 1. The third kappa shape index (κ3) is 5.10. The first-order valence-corrected chi connectivity index (χ1v) is 7.80. The average Bonchev–Trinajstić information content (AvgIpc) is 2.56. The fourth-order valence-corrected chi connectivity index (χ4v) is 2.25. The number of ether oxygens (including phenoxy) is 1. The Bertz CT molecular complexity index is 680. The molecule has 5 nitrogen and oxygen atoms in total. The molecule has 122 valence electrons. The zero-order chi connectivity index (χ0) is 16.7. The van der Waals surface area contributed by atoms with E-state index in [1.54, 1.807) is 37.6 Å². The van der Waals surface area contributed by atoms with Gasteiger partial charge < -0.3 is 15.4 Å². The van der Waals surface area contributed by atoms with E-state index in [4.69, 9.17) is 27.9 Å². The van der Waals surface area contributed by atoms with Gasteiger partial charge in [0.05, 0.1) is 27.0 Å². The predicted octanol–water partition coefficient (Wildman–Crippen LogP) is 4.09. The maximum atomic E-state index is 12.3. The minimum atomic E-state index is -0.304. The van der Waals surface area contributed by atoms with Crippen molar-refractivity contribution < 1.29 is 9.53 Å². The minimum absolute atomic E-state index is 0.304. The summed E-state index contributed by atoms with van der Waals surface area (Å²) in [6.07, 6.45) is 4.02. The first-order valence-electron chi connectivity index (χ1n) is 7.05. The van der Waals surface area contributed by atoms with E-state index in [1.807, 2.05) is 0 Å². The van der Waals surface area contributed by atoms with E-state index in [0.717, 1.165) is 18.7 Å². The number of hydrogen-bond donors (Lipinski definition) is 2. The fourth-order valence-electron chi connectivity index (χ4n) is 1.90. The van der Waals surface area contributed by atoms with Gasteiger partial charge in [-0.15, -0.1) is 0 Å². The molecule has 1 aromatic heterocycles. The number of carbonyl (C=O) groups is 1. The van der Waals surface area contributed by atoms with Crippen LogP contribution >= 0.6 is 23.2 Å². The summed E-state index contributed by atoms with van der Waals surface area (Å²) in [6, 6.07) is 6.79. The summed E-state index contributed by atoms with van der Waals surface area (Å²) < 4.78 is 4.99. The SMILES string of the molecule is COCCCNc1cncc(C(=O)Nc2cccc(Cl)c2Cl)c1. The highest BCUT2D eigenvalue weighted by Crippen LogP contribution is 2.29. The smallest absolute Gasteiger partial charge is 0.257 e. The Labute approximate surface area is 145 Å². The lowest BCUT2D eigenvalue weighted by Gasteiger charge is -2.10. The van der Waals surface area contributed by atoms with Gasteiger partial charge in [0.1, 0.15) is 0 Å². The molecule has 1 amide bonds. The molecule has 0 atom stereocenters. The minimum Gasteiger partial charge on any atom is -0.385 e. The lowest BCUT2D eigenvalue weighted by molar-refractivity contribution is 0.102. The summed E-state index contributed by atoms with van der Waals surface area (Å²) in [6.45, 7) is 1.41. The first-order chi connectivity index (χ1) is 11.1. The predicted molar refractivity (Wildman–Crippen MR) is 93.6 cm³/mol. The molecular formula is C16H17Cl2N3O2. The van der Waals surface area contributed by atoms with E-state index in [9.17, 15) is 4.79 Å². The van der Waals surface area contributed by atoms with Crippen LogP contribution in [0.2, 0.25) is 10.0 Å². The molecule has 0 aliphatic carbocycles. The number of anilines is 2. The van der Waals surface area contributed by atoms with Crippen molar-refractivity contribution in [1.82, 2.24) is 4.98 Å². The van der Waals surface area contributed by atoms with Gasteiger partial charge in [-0.25, -0.2) is 0 Å². The molecule has 2 N–H and O–H groups in total. The summed E-state index contributed by atoms with van der Waals surface area (Å²) in [5.41, 5.74) is 1.66. The Hall–Kier alpha value is -1.82. The quantitative estimate of drug-likeness (QED) is 0.735. The van der Waals surface area contributed by atoms with E-state index in [-0.39, 0.29) is 5.91 Å². The highest BCUT2D eigenvalue weighted by atomic mass is 35.5. The van der Waals surface area contributed by atoms with Crippen LogP contribution in [0.1, 0.15) is 16.8 Å². The molecule has 0 fully saturated rings. The van der Waals surface area contributed by atoms with Crippen molar-refractivity contribution in [2.45, 2.75) is 6.42 Å². The lowest BCUT2D eigenvalue weighted by Crippen LogP contribution is -2.13. The molecule has 0 radical (unpaired) electrons.